The highest BCUT2D eigenvalue weighted by Crippen LogP contribution is 2.17. The second kappa shape index (κ2) is 7.09. The van der Waals surface area contributed by atoms with Crippen LogP contribution in [0.25, 0.3) is 0 Å². The van der Waals surface area contributed by atoms with Crippen molar-refractivity contribution in [3.8, 4) is 0 Å². The van der Waals surface area contributed by atoms with E-state index in [0.29, 0.717) is 22.9 Å². The minimum atomic E-state index is -0.675. The Labute approximate surface area is 134 Å². The van der Waals surface area contributed by atoms with Crippen molar-refractivity contribution in [1.29, 1.82) is 0 Å². The van der Waals surface area contributed by atoms with Crippen molar-refractivity contribution in [2.75, 3.05) is 16.8 Å². The summed E-state index contributed by atoms with van der Waals surface area (Å²) in [6.45, 7) is 4.18. The molecule has 0 aromatic heterocycles. The Morgan fingerprint density at radius 1 is 1.14 bits per heavy atom. The van der Waals surface area contributed by atoms with Gasteiger partial charge in [0.25, 0.3) is 0 Å². The monoisotopic (exact) mass is 316 g/mol. The van der Waals surface area contributed by atoms with Crippen molar-refractivity contribution >= 4 is 34.8 Å². The number of hydrogen-bond donors (Lipinski definition) is 1. The van der Waals surface area contributed by atoms with Crippen molar-refractivity contribution in [1.82, 2.24) is 0 Å². The van der Waals surface area contributed by atoms with Gasteiger partial charge in [-0.25, -0.2) is 0 Å². The van der Waals surface area contributed by atoms with E-state index in [0.717, 1.165) is 5.56 Å². The number of nitrogens with one attached hydrogen (secondary N) is 1. The van der Waals surface area contributed by atoms with Crippen LogP contribution in [-0.2, 0) is 9.59 Å². The quantitative estimate of drug-likeness (QED) is 0.879. The van der Waals surface area contributed by atoms with E-state index in [4.69, 9.17) is 11.6 Å². The Morgan fingerprint density at radius 3 is 2.41 bits per heavy atom. The first-order valence-corrected chi connectivity index (χ1v) is 7.34. The molecule has 0 atom stereocenters. The number of halogens is 1. The summed E-state index contributed by atoms with van der Waals surface area (Å²) in [6.07, 6.45) is 0. The molecule has 0 saturated carbocycles. The summed E-state index contributed by atoms with van der Waals surface area (Å²) in [7, 11) is 0. The molecule has 0 spiro atoms. The van der Waals surface area contributed by atoms with Crippen molar-refractivity contribution < 1.29 is 9.59 Å². The van der Waals surface area contributed by atoms with Crippen LogP contribution in [0.15, 0.2) is 48.5 Å². The van der Waals surface area contributed by atoms with Gasteiger partial charge in [-0.2, -0.15) is 0 Å². The van der Waals surface area contributed by atoms with Crippen LogP contribution in [0.3, 0.4) is 0 Å². The normalized spacial score (nSPS) is 10.1. The molecule has 0 saturated heterocycles. The molecule has 2 aromatic carbocycles. The number of carbonyl (C=O) groups is 2. The van der Waals surface area contributed by atoms with E-state index in [9.17, 15) is 9.59 Å². The van der Waals surface area contributed by atoms with Crippen LogP contribution < -0.4 is 10.2 Å². The maximum Gasteiger partial charge on any atom is 0.316 e. The summed E-state index contributed by atoms with van der Waals surface area (Å²) < 4.78 is 0. The Balaban J connectivity index is 2.14. The minimum Gasteiger partial charge on any atom is -0.318 e. The van der Waals surface area contributed by atoms with E-state index >= 15 is 0 Å². The Morgan fingerprint density at radius 2 is 1.82 bits per heavy atom. The molecule has 22 heavy (non-hydrogen) atoms. The second-order valence-electron chi connectivity index (χ2n) is 4.85. The van der Waals surface area contributed by atoms with E-state index in [1.54, 1.807) is 24.3 Å². The molecule has 0 unspecified atom stereocenters. The lowest BCUT2D eigenvalue weighted by Crippen LogP contribution is -2.39. The van der Waals surface area contributed by atoms with Gasteiger partial charge in [-0.05, 0) is 55.8 Å². The maximum absolute atomic E-state index is 12.3. The predicted molar refractivity (Wildman–Crippen MR) is 89.3 cm³/mol. The highest BCUT2D eigenvalue weighted by Gasteiger charge is 2.22. The van der Waals surface area contributed by atoms with Gasteiger partial charge >= 0.3 is 11.8 Å². The number of anilines is 2. The third kappa shape index (κ3) is 3.86. The number of likely N-dealkylation sites (N-methyl/N-ethyl adjacent to an activating group) is 1. The van der Waals surface area contributed by atoms with E-state index in [1.807, 2.05) is 38.1 Å². The summed E-state index contributed by atoms with van der Waals surface area (Å²) in [5, 5.41) is 3.15. The minimum absolute atomic E-state index is 0.413. The smallest absolute Gasteiger partial charge is 0.316 e. The molecule has 1 N–H and O–H groups in total. The molecule has 114 valence electrons. The van der Waals surface area contributed by atoms with Crippen LogP contribution in [-0.4, -0.2) is 18.4 Å². The summed E-state index contributed by atoms with van der Waals surface area (Å²) in [5.41, 5.74) is 2.27. The van der Waals surface area contributed by atoms with Crippen LogP contribution in [0.2, 0.25) is 5.02 Å². The third-order valence-electron chi connectivity index (χ3n) is 3.17. The SMILES string of the molecule is CCN(C(=O)C(=O)Nc1ccc(Cl)cc1)c1cccc(C)c1. The van der Waals surface area contributed by atoms with E-state index in [1.165, 1.54) is 4.90 Å². The average Bonchev–Trinajstić information content (AvgIpc) is 2.50. The molecule has 0 aliphatic carbocycles. The fraction of sp³-hybridized carbons (Fsp3) is 0.176. The number of rotatable bonds is 3. The maximum atomic E-state index is 12.3. The number of carbonyl (C=O) groups excluding carboxylic acids is 2. The van der Waals surface area contributed by atoms with E-state index < -0.39 is 11.8 Å². The lowest BCUT2D eigenvalue weighted by atomic mass is 10.2. The number of hydrogen-bond acceptors (Lipinski definition) is 2. The Hall–Kier alpha value is -2.33. The fourth-order valence-corrected chi connectivity index (χ4v) is 2.21. The number of amides is 2. The first-order valence-electron chi connectivity index (χ1n) is 6.96. The standard InChI is InChI=1S/C17H17ClN2O2/c1-3-20(15-6-4-5-12(2)11-15)17(22)16(21)19-14-9-7-13(18)8-10-14/h4-11H,3H2,1-2H3,(H,19,21). The second-order valence-corrected chi connectivity index (χ2v) is 5.29. The fourth-order valence-electron chi connectivity index (χ4n) is 2.08. The van der Waals surface area contributed by atoms with Gasteiger partial charge in [0.1, 0.15) is 0 Å². The summed E-state index contributed by atoms with van der Waals surface area (Å²) >= 11 is 5.79. The molecule has 0 fully saturated rings. The topological polar surface area (TPSA) is 49.4 Å². The molecule has 0 radical (unpaired) electrons. The average molecular weight is 317 g/mol. The zero-order valence-corrected chi connectivity index (χ0v) is 13.2. The molecule has 0 heterocycles. The van der Waals surface area contributed by atoms with Crippen LogP contribution in [0.5, 0.6) is 0 Å². The summed E-state index contributed by atoms with van der Waals surface area (Å²) in [4.78, 5) is 25.9. The van der Waals surface area contributed by atoms with Gasteiger partial charge in [-0.15, -0.1) is 0 Å². The third-order valence-corrected chi connectivity index (χ3v) is 3.42. The molecule has 2 amide bonds. The van der Waals surface area contributed by atoms with Gasteiger partial charge in [0.2, 0.25) is 0 Å². The largest absolute Gasteiger partial charge is 0.318 e. The van der Waals surface area contributed by atoms with Crippen molar-refractivity contribution in [2.45, 2.75) is 13.8 Å². The molecular formula is C17H17ClN2O2. The van der Waals surface area contributed by atoms with Gasteiger partial charge in [-0.3, -0.25) is 9.59 Å². The molecule has 0 aliphatic heterocycles. The lowest BCUT2D eigenvalue weighted by Gasteiger charge is -2.20. The zero-order chi connectivity index (χ0) is 16.1. The van der Waals surface area contributed by atoms with Crippen LogP contribution in [0.1, 0.15) is 12.5 Å². The molecule has 0 aliphatic rings. The van der Waals surface area contributed by atoms with Crippen LogP contribution >= 0.6 is 11.6 Å². The molecule has 5 heteroatoms. The Kier molecular flexibility index (Phi) is 5.17. The lowest BCUT2D eigenvalue weighted by molar-refractivity contribution is -0.134. The summed E-state index contributed by atoms with van der Waals surface area (Å²) in [5.74, 6) is -1.27. The summed E-state index contributed by atoms with van der Waals surface area (Å²) in [6, 6.07) is 14.1. The van der Waals surface area contributed by atoms with Gasteiger partial charge in [0, 0.05) is 22.9 Å². The van der Waals surface area contributed by atoms with Crippen molar-refractivity contribution in [2.24, 2.45) is 0 Å². The van der Waals surface area contributed by atoms with Gasteiger partial charge < -0.3 is 10.2 Å². The highest BCUT2D eigenvalue weighted by atomic mass is 35.5. The van der Waals surface area contributed by atoms with Crippen molar-refractivity contribution in [3.63, 3.8) is 0 Å². The van der Waals surface area contributed by atoms with Gasteiger partial charge in [0.05, 0.1) is 0 Å². The molecule has 0 bridgehead atoms. The zero-order valence-electron chi connectivity index (χ0n) is 12.5. The first-order chi connectivity index (χ1) is 10.5. The van der Waals surface area contributed by atoms with Crippen LogP contribution in [0.4, 0.5) is 11.4 Å². The van der Waals surface area contributed by atoms with Gasteiger partial charge in [-0.1, -0.05) is 23.7 Å². The van der Waals surface area contributed by atoms with E-state index in [2.05, 4.69) is 5.32 Å². The Bertz CT molecular complexity index is 683. The number of aryl methyl sites for hydroxylation is 1. The number of nitrogens with zero attached hydrogens (tertiary/aromatic N) is 1. The number of benzene rings is 2. The van der Waals surface area contributed by atoms with Gasteiger partial charge in [0.15, 0.2) is 0 Å². The van der Waals surface area contributed by atoms with E-state index in [-0.39, 0.29) is 0 Å². The molecule has 2 rings (SSSR count). The van der Waals surface area contributed by atoms with Crippen LogP contribution in [0, 0.1) is 6.92 Å². The highest BCUT2D eigenvalue weighted by molar-refractivity contribution is 6.44. The van der Waals surface area contributed by atoms with Crippen molar-refractivity contribution in [3.05, 3.63) is 59.1 Å². The molecular weight excluding hydrogens is 300 g/mol. The predicted octanol–water partition coefficient (Wildman–Crippen LogP) is 3.64. The first kappa shape index (κ1) is 16.0. The molecule has 2 aromatic rings. The molecule has 4 nitrogen and oxygen atoms in total.